The van der Waals surface area contributed by atoms with Gasteiger partial charge in [0.25, 0.3) is 0 Å². The summed E-state index contributed by atoms with van der Waals surface area (Å²) in [4.78, 5) is 0. The average Bonchev–Trinajstić information content (AvgIpc) is 2.59. The van der Waals surface area contributed by atoms with Gasteiger partial charge in [-0.1, -0.05) is 33.1 Å². The van der Waals surface area contributed by atoms with Gasteiger partial charge in [0, 0.05) is 31.4 Å². The van der Waals surface area contributed by atoms with E-state index in [-0.39, 0.29) is 0 Å². The summed E-state index contributed by atoms with van der Waals surface area (Å²) in [6, 6.07) is 0.692. The van der Waals surface area contributed by atoms with Crippen LogP contribution in [0.15, 0.2) is 6.20 Å². The molecular formula is C15H27N3. The number of rotatable bonds is 4. The van der Waals surface area contributed by atoms with Crippen molar-refractivity contribution in [3.63, 3.8) is 0 Å². The highest BCUT2D eigenvalue weighted by Crippen LogP contribution is 2.23. The Labute approximate surface area is 111 Å². The predicted octanol–water partition coefficient (Wildman–Crippen LogP) is 3.04. The molecule has 0 saturated heterocycles. The molecule has 2 rings (SSSR count). The van der Waals surface area contributed by atoms with Gasteiger partial charge in [0.05, 0.1) is 5.69 Å². The summed E-state index contributed by atoms with van der Waals surface area (Å²) in [5.41, 5.74) is 2.61. The molecule has 1 aromatic rings. The summed E-state index contributed by atoms with van der Waals surface area (Å²) in [6.07, 6.45) is 10.1. The fraction of sp³-hybridized carbons (Fsp3) is 0.800. The zero-order chi connectivity index (χ0) is 13.0. The third kappa shape index (κ3) is 3.35. The zero-order valence-electron chi connectivity index (χ0n) is 12.1. The number of hydrogen-bond donors (Lipinski definition) is 1. The second-order valence-electron chi connectivity index (χ2n) is 5.73. The van der Waals surface area contributed by atoms with E-state index in [1.807, 2.05) is 11.7 Å². The van der Waals surface area contributed by atoms with Gasteiger partial charge in [0.1, 0.15) is 0 Å². The first-order chi connectivity index (χ1) is 8.70. The standard InChI is InChI=1S/C15H27N3/c1-4-14-13(11-18(3)17-14)10-16-15-9-7-5-6-8-12(15)2/h11-12,15-16H,4-10H2,1-3H3. The number of nitrogens with zero attached hydrogens (tertiary/aromatic N) is 2. The Morgan fingerprint density at radius 3 is 2.89 bits per heavy atom. The van der Waals surface area contributed by atoms with Crippen molar-refractivity contribution in [2.75, 3.05) is 0 Å². The summed E-state index contributed by atoms with van der Waals surface area (Å²) in [6.45, 7) is 5.55. The van der Waals surface area contributed by atoms with E-state index in [1.165, 1.54) is 43.4 Å². The molecule has 2 unspecified atom stereocenters. The highest BCUT2D eigenvalue weighted by atomic mass is 15.3. The van der Waals surface area contributed by atoms with Crippen molar-refractivity contribution in [2.45, 2.75) is 65.0 Å². The van der Waals surface area contributed by atoms with E-state index in [0.29, 0.717) is 6.04 Å². The van der Waals surface area contributed by atoms with Crippen molar-refractivity contribution < 1.29 is 0 Å². The molecule has 102 valence electrons. The van der Waals surface area contributed by atoms with Crippen LogP contribution in [0.5, 0.6) is 0 Å². The molecule has 0 bridgehead atoms. The summed E-state index contributed by atoms with van der Waals surface area (Å²) < 4.78 is 1.94. The maximum Gasteiger partial charge on any atom is 0.0666 e. The third-order valence-corrected chi connectivity index (χ3v) is 4.24. The topological polar surface area (TPSA) is 29.9 Å². The molecule has 1 fully saturated rings. The van der Waals surface area contributed by atoms with Crippen LogP contribution in [-0.4, -0.2) is 15.8 Å². The molecular weight excluding hydrogens is 222 g/mol. The maximum atomic E-state index is 4.51. The van der Waals surface area contributed by atoms with E-state index in [2.05, 4.69) is 30.5 Å². The molecule has 1 heterocycles. The molecule has 1 saturated carbocycles. The third-order valence-electron chi connectivity index (χ3n) is 4.24. The second kappa shape index (κ2) is 6.37. The SMILES string of the molecule is CCc1nn(C)cc1CNC1CCCCCC1C. The normalized spacial score (nSPS) is 25.1. The lowest BCUT2D eigenvalue weighted by atomic mass is 9.97. The summed E-state index contributed by atoms with van der Waals surface area (Å²) in [5.74, 6) is 0.814. The summed E-state index contributed by atoms with van der Waals surface area (Å²) >= 11 is 0. The average molecular weight is 249 g/mol. The van der Waals surface area contributed by atoms with Gasteiger partial charge in [-0.05, 0) is 25.2 Å². The molecule has 3 nitrogen and oxygen atoms in total. The molecule has 1 aromatic heterocycles. The Hall–Kier alpha value is -0.830. The summed E-state index contributed by atoms with van der Waals surface area (Å²) in [5, 5.41) is 8.27. The molecule has 2 atom stereocenters. The minimum atomic E-state index is 0.692. The highest BCUT2D eigenvalue weighted by molar-refractivity contribution is 5.16. The van der Waals surface area contributed by atoms with Gasteiger partial charge < -0.3 is 5.32 Å². The van der Waals surface area contributed by atoms with Crippen molar-refractivity contribution >= 4 is 0 Å². The van der Waals surface area contributed by atoms with Crippen molar-refractivity contribution in [3.05, 3.63) is 17.5 Å². The Balaban J connectivity index is 1.93. The van der Waals surface area contributed by atoms with Crippen LogP contribution in [0.2, 0.25) is 0 Å². The Kier molecular flexibility index (Phi) is 4.81. The van der Waals surface area contributed by atoms with E-state index >= 15 is 0 Å². The molecule has 1 N–H and O–H groups in total. The largest absolute Gasteiger partial charge is 0.310 e. The van der Waals surface area contributed by atoms with E-state index < -0.39 is 0 Å². The van der Waals surface area contributed by atoms with E-state index in [1.54, 1.807) is 0 Å². The number of nitrogens with one attached hydrogen (secondary N) is 1. The van der Waals surface area contributed by atoms with Gasteiger partial charge >= 0.3 is 0 Å². The molecule has 1 aliphatic carbocycles. The minimum absolute atomic E-state index is 0.692. The van der Waals surface area contributed by atoms with Crippen LogP contribution < -0.4 is 5.32 Å². The van der Waals surface area contributed by atoms with Crippen LogP contribution in [0, 0.1) is 5.92 Å². The maximum absolute atomic E-state index is 4.51. The van der Waals surface area contributed by atoms with Gasteiger partial charge in [-0.2, -0.15) is 5.10 Å². The Morgan fingerprint density at radius 1 is 1.33 bits per heavy atom. The van der Waals surface area contributed by atoms with Crippen LogP contribution >= 0.6 is 0 Å². The molecule has 18 heavy (non-hydrogen) atoms. The molecule has 0 amide bonds. The quantitative estimate of drug-likeness (QED) is 0.831. The van der Waals surface area contributed by atoms with E-state index in [4.69, 9.17) is 0 Å². The fourth-order valence-electron chi connectivity index (χ4n) is 3.07. The summed E-state index contributed by atoms with van der Waals surface area (Å²) in [7, 11) is 2.01. The first kappa shape index (κ1) is 13.6. The predicted molar refractivity (Wildman–Crippen MR) is 75.5 cm³/mol. The zero-order valence-corrected chi connectivity index (χ0v) is 12.1. The Morgan fingerprint density at radius 2 is 2.11 bits per heavy atom. The van der Waals surface area contributed by atoms with Gasteiger partial charge in [0.15, 0.2) is 0 Å². The molecule has 0 aliphatic heterocycles. The number of hydrogen-bond acceptors (Lipinski definition) is 2. The van der Waals surface area contributed by atoms with Gasteiger partial charge in [-0.25, -0.2) is 0 Å². The smallest absolute Gasteiger partial charge is 0.0666 e. The van der Waals surface area contributed by atoms with Crippen molar-refractivity contribution in [2.24, 2.45) is 13.0 Å². The van der Waals surface area contributed by atoms with Crippen LogP contribution in [-0.2, 0) is 20.0 Å². The first-order valence-electron chi connectivity index (χ1n) is 7.45. The van der Waals surface area contributed by atoms with Crippen molar-refractivity contribution in [3.8, 4) is 0 Å². The second-order valence-corrected chi connectivity index (χ2v) is 5.73. The fourth-order valence-corrected chi connectivity index (χ4v) is 3.07. The molecule has 0 aromatic carbocycles. The minimum Gasteiger partial charge on any atom is -0.310 e. The van der Waals surface area contributed by atoms with Gasteiger partial charge in [0.2, 0.25) is 0 Å². The van der Waals surface area contributed by atoms with Crippen LogP contribution in [0.25, 0.3) is 0 Å². The highest BCUT2D eigenvalue weighted by Gasteiger charge is 2.19. The van der Waals surface area contributed by atoms with Crippen molar-refractivity contribution in [1.82, 2.24) is 15.1 Å². The monoisotopic (exact) mass is 249 g/mol. The van der Waals surface area contributed by atoms with Gasteiger partial charge in [-0.15, -0.1) is 0 Å². The van der Waals surface area contributed by atoms with Gasteiger partial charge in [-0.3, -0.25) is 4.68 Å². The van der Waals surface area contributed by atoms with Crippen LogP contribution in [0.1, 0.15) is 57.2 Å². The van der Waals surface area contributed by atoms with E-state index in [0.717, 1.165) is 18.9 Å². The molecule has 3 heteroatoms. The van der Waals surface area contributed by atoms with Crippen LogP contribution in [0.3, 0.4) is 0 Å². The van der Waals surface area contributed by atoms with Crippen LogP contribution in [0.4, 0.5) is 0 Å². The lowest BCUT2D eigenvalue weighted by Crippen LogP contribution is -2.33. The number of aryl methyl sites for hydroxylation is 2. The first-order valence-corrected chi connectivity index (χ1v) is 7.45. The number of aromatic nitrogens is 2. The lowest BCUT2D eigenvalue weighted by Gasteiger charge is -2.22. The Bertz CT molecular complexity index is 370. The lowest BCUT2D eigenvalue weighted by molar-refractivity contribution is 0.355. The molecule has 1 aliphatic rings. The molecule has 0 radical (unpaired) electrons. The van der Waals surface area contributed by atoms with Crippen molar-refractivity contribution in [1.29, 1.82) is 0 Å². The van der Waals surface area contributed by atoms with E-state index in [9.17, 15) is 0 Å². The molecule has 0 spiro atoms.